The van der Waals surface area contributed by atoms with Gasteiger partial charge in [-0.2, -0.15) is 0 Å². The molecule has 0 aliphatic carbocycles. The van der Waals surface area contributed by atoms with Gasteiger partial charge in [-0.25, -0.2) is 4.98 Å². The summed E-state index contributed by atoms with van der Waals surface area (Å²) in [5, 5.41) is 8.65. The molecule has 0 radical (unpaired) electrons. The van der Waals surface area contributed by atoms with Crippen molar-refractivity contribution in [1.82, 2.24) is 4.98 Å². The average molecular weight is 396 g/mol. The van der Waals surface area contributed by atoms with Gasteiger partial charge in [0, 0.05) is 12.1 Å². The Morgan fingerprint density at radius 3 is 2.61 bits per heavy atom. The highest BCUT2D eigenvalue weighted by Crippen LogP contribution is 2.30. The summed E-state index contributed by atoms with van der Waals surface area (Å²) in [6.07, 6.45) is -4.20. The lowest BCUT2D eigenvalue weighted by Crippen LogP contribution is -2.19. The second-order valence-electron chi connectivity index (χ2n) is 3.13. The summed E-state index contributed by atoms with van der Waals surface area (Å²) < 4.78 is 40.0. The number of halogens is 5. The molecule has 0 bridgehead atoms. The van der Waals surface area contributed by atoms with Gasteiger partial charge >= 0.3 is 12.3 Å². The van der Waals surface area contributed by atoms with E-state index in [2.05, 4.69) is 9.72 Å². The third kappa shape index (κ3) is 4.16. The van der Waals surface area contributed by atoms with Gasteiger partial charge in [0.05, 0.1) is 9.99 Å². The summed E-state index contributed by atoms with van der Waals surface area (Å²) in [5.41, 5.74) is 0.533. The van der Waals surface area contributed by atoms with Gasteiger partial charge in [-0.05, 0) is 33.7 Å². The van der Waals surface area contributed by atoms with E-state index in [0.29, 0.717) is 0 Å². The van der Waals surface area contributed by atoms with Crippen LogP contribution in [0.5, 0.6) is 5.88 Å². The van der Waals surface area contributed by atoms with Crippen LogP contribution in [0.2, 0.25) is 0 Å². The first-order valence-electron chi connectivity index (χ1n) is 4.44. The number of hydrogen-bond acceptors (Lipinski definition) is 3. The van der Waals surface area contributed by atoms with Crippen LogP contribution < -0.4 is 4.74 Å². The molecule has 1 aromatic rings. The quantitative estimate of drug-likeness (QED) is 0.629. The van der Waals surface area contributed by atoms with Gasteiger partial charge in [0.25, 0.3) is 0 Å². The summed E-state index contributed by atoms with van der Waals surface area (Å²) >= 11 is 7.19. The minimum Gasteiger partial charge on any atom is -0.481 e. The molecule has 0 aliphatic heterocycles. The Morgan fingerprint density at radius 2 is 2.17 bits per heavy atom. The molecule has 18 heavy (non-hydrogen) atoms. The fourth-order valence-corrected chi connectivity index (χ4v) is 2.50. The Morgan fingerprint density at radius 1 is 1.56 bits per heavy atom. The lowest BCUT2D eigenvalue weighted by Gasteiger charge is -2.13. The summed E-state index contributed by atoms with van der Waals surface area (Å²) in [4.78, 5) is 14.0. The zero-order valence-electron chi connectivity index (χ0n) is 8.59. The molecule has 1 N–H and O–H groups in total. The molecule has 0 atom stereocenters. The molecule has 4 nitrogen and oxygen atoms in total. The highest BCUT2D eigenvalue weighted by molar-refractivity contribution is 14.1. The van der Waals surface area contributed by atoms with E-state index in [9.17, 15) is 18.0 Å². The molecule has 100 valence electrons. The molecule has 0 spiro atoms. The number of nitrogens with zero attached hydrogens (tertiary/aromatic N) is 1. The number of alkyl halides is 4. The smallest absolute Gasteiger partial charge is 0.481 e. The molecule has 1 aromatic heterocycles. The van der Waals surface area contributed by atoms with Crippen molar-refractivity contribution in [3.05, 3.63) is 20.9 Å². The molecular weight excluding hydrogens is 389 g/mol. The topological polar surface area (TPSA) is 59.4 Å². The van der Waals surface area contributed by atoms with Crippen molar-refractivity contribution >= 4 is 40.2 Å². The second kappa shape index (κ2) is 5.91. The summed E-state index contributed by atoms with van der Waals surface area (Å²) in [6.45, 7) is 0. The molecule has 0 saturated carbocycles. The predicted molar refractivity (Wildman–Crippen MR) is 64.5 cm³/mol. The average Bonchev–Trinajstić information content (AvgIpc) is 2.20. The summed E-state index contributed by atoms with van der Waals surface area (Å²) in [5.74, 6) is -1.88. The number of aliphatic carboxylic acids is 1. The first-order valence-corrected chi connectivity index (χ1v) is 6.05. The van der Waals surface area contributed by atoms with E-state index >= 15 is 0 Å². The van der Waals surface area contributed by atoms with Crippen LogP contribution in [0.4, 0.5) is 13.2 Å². The van der Waals surface area contributed by atoms with Gasteiger partial charge in [0.2, 0.25) is 5.88 Å². The number of rotatable bonds is 4. The largest absolute Gasteiger partial charge is 0.574 e. The molecule has 0 amide bonds. The Labute approximate surface area is 118 Å². The Kier molecular flexibility index (Phi) is 5.02. The molecule has 1 rings (SSSR count). The summed E-state index contributed by atoms with van der Waals surface area (Å²) in [6, 6.07) is 0. The fraction of sp³-hybridized carbons (Fsp3) is 0.333. The van der Waals surface area contributed by atoms with Crippen LogP contribution in [0.15, 0.2) is 6.20 Å². The van der Waals surface area contributed by atoms with Crippen LogP contribution in [0.3, 0.4) is 0 Å². The maximum Gasteiger partial charge on any atom is 0.574 e. The molecule has 9 heteroatoms. The van der Waals surface area contributed by atoms with Crippen molar-refractivity contribution in [2.75, 3.05) is 0 Å². The first-order chi connectivity index (χ1) is 8.24. The number of carboxylic acids is 1. The Bertz CT molecular complexity index is 467. The lowest BCUT2D eigenvalue weighted by molar-refractivity contribution is -0.276. The highest BCUT2D eigenvalue weighted by atomic mass is 127. The molecular formula is C9H6ClF3INO3. The molecule has 0 aromatic carbocycles. The Hall–Kier alpha value is -0.770. The van der Waals surface area contributed by atoms with Crippen molar-refractivity contribution < 1.29 is 27.8 Å². The van der Waals surface area contributed by atoms with E-state index in [0.717, 1.165) is 6.20 Å². The number of pyridine rings is 1. The van der Waals surface area contributed by atoms with Crippen LogP contribution in [0, 0.1) is 3.57 Å². The maximum absolute atomic E-state index is 12.1. The van der Waals surface area contributed by atoms with E-state index in [1.165, 1.54) is 0 Å². The zero-order chi connectivity index (χ0) is 13.9. The number of aromatic nitrogens is 1. The number of carboxylic acid groups (broad SMARTS) is 1. The predicted octanol–water partition coefficient (Wildman–Crippen LogP) is 2.95. The van der Waals surface area contributed by atoms with E-state index in [-0.39, 0.29) is 27.0 Å². The minimum absolute atomic E-state index is 0.0543. The van der Waals surface area contributed by atoms with E-state index in [4.69, 9.17) is 16.7 Å². The molecule has 0 unspecified atom stereocenters. The van der Waals surface area contributed by atoms with Crippen LogP contribution in [0.1, 0.15) is 11.1 Å². The first kappa shape index (κ1) is 15.3. The van der Waals surface area contributed by atoms with E-state index < -0.39 is 18.2 Å². The number of carbonyl (C=O) groups is 1. The number of hydrogen-bond donors (Lipinski definition) is 1. The second-order valence-corrected chi connectivity index (χ2v) is 4.48. The summed E-state index contributed by atoms with van der Waals surface area (Å²) in [7, 11) is 0. The molecule has 0 aliphatic rings. The van der Waals surface area contributed by atoms with E-state index in [1.54, 1.807) is 22.6 Å². The normalized spacial score (nSPS) is 11.4. The molecule has 0 fully saturated rings. The maximum atomic E-state index is 12.1. The van der Waals surface area contributed by atoms with Crippen molar-refractivity contribution in [1.29, 1.82) is 0 Å². The third-order valence-corrected chi connectivity index (χ3v) is 3.25. The zero-order valence-corrected chi connectivity index (χ0v) is 11.5. The van der Waals surface area contributed by atoms with E-state index in [1.807, 2.05) is 0 Å². The van der Waals surface area contributed by atoms with Gasteiger partial charge < -0.3 is 9.84 Å². The van der Waals surface area contributed by atoms with Gasteiger partial charge in [-0.1, -0.05) is 0 Å². The highest BCUT2D eigenvalue weighted by Gasteiger charge is 2.33. The van der Waals surface area contributed by atoms with Crippen molar-refractivity contribution in [2.45, 2.75) is 18.7 Å². The minimum atomic E-state index is -4.86. The van der Waals surface area contributed by atoms with Crippen molar-refractivity contribution in [3.8, 4) is 5.88 Å². The number of ether oxygens (including phenoxy) is 1. The van der Waals surface area contributed by atoms with Gasteiger partial charge in [0.1, 0.15) is 0 Å². The van der Waals surface area contributed by atoms with Crippen LogP contribution in [-0.2, 0) is 17.1 Å². The van der Waals surface area contributed by atoms with Gasteiger partial charge in [-0.3, -0.25) is 4.79 Å². The van der Waals surface area contributed by atoms with Crippen LogP contribution in [0.25, 0.3) is 0 Å². The van der Waals surface area contributed by atoms with Gasteiger partial charge in [0.15, 0.2) is 0 Å². The van der Waals surface area contributed by atoms with Crippen LogP contribution in [-0.4, -0.2) is 22.4 Å². The standard InChI is InChI=1S/C9H6ClF3INO3/c10-2-5-4(1-6(16)17)3-15-8(7(5)14)18-9(11,12)13/h3H,1-2H2,(H,16,17). The van der Waals surface area contributed by atoms with Crippen molar-refractivity contribution in [3.63, 3.8) is 0 Å². The van der Waals surface area contributed by atoms with Crippen molar-refractivity contribution in [2.24, 2.45) is 0 Å². The third-order valence-electron chi connectivity index (χ3n) is 1.87. The lowest BCUT2D eigenvalue weighted by atomic mass is 10.1. The molecule has 0 saturated heterocycles. The SMILES string of the molecule is O=C(O)Cc1cnc(OC(F)(F)F)c(I)c1CCl. The van der Waals surface area contributed by atoms with Gasteiger partial charge in [-0.15, -0.1) is 24.8 Å². The van der Waals surface area contributed by atoms with Crippen LogP contribution >= 0.6 is 34.2 Å². The fourth-order valence-electron chi connectivity index (χ4n) is 1.18. The monoisotopic (exact) mass is 395 g/mol. The molecule has 1 heterocycles. The Balaban J connectivity index is 3.15.